The standard InChI is InChI=1S/C62H103O11P/c1-4-7-10-13-16-19-22-25-27-29-31-34-36-39-42-45-48-51-60(64)69-55-59(73-62(66)53-50-47-44-41-38-35-32-30-28-26-23-20-17-14-11-8-5-2)57-71-74(67,68)70-56-58(54-63)72-61(65)52-49-46-43-40-37-33-24-21-18-15-12-9-6-3/h7,9-10,12,16,18-19,21,25-28,31,33-34,37,43,46,58-59,63H,4-6,8,11,13-15,17,20,22-24,29-30,32,35-36,38-42,44-45,47-57H2,1-3H3,(H,67,68)/b10-7-,12-9-,19-16-,21-18-,27-25-,28-26-,34-31-,37-33-,46-43-. The van der Waals surface area contributed by atoms with E-state index in [-0.39, 0.29) is 25.9 Å². The number of esters is 3. The Labute approximate surface area is 450 Å². The summed E-state index contributed by atoms with van der Waals surface area (Å²) >= 11 is 0. The van der Waals surface area contributed by atoms with E-state index < -0.39 is 57.8 Å². The van der Waals surface area contributed by atoms with Crippen LogP contribution in [0.5, 0.6) is 0 Å². The van der Waals surface area contributed by atoms with Crippen molar-refractivity contribution in [3.63, 3.8) is 0 Å². The van der Waals surface area contributed by atoms with Crippen LogP contribution in [0, 0.1) is 0 Å². The van der Waals surface area contributed by atoms with Crippen molar-refractivity contribution in [3.05, 3.63) is 109 Å². The van der Waals surface area contributed by atoms with Gasteiger partial charge >= 0.3 is 25.7 Å². The smallest absolute Gasteiger partial charge is 0.462 e. The first-order valence-corrected chi connectivity index (χ1v) is 30.3. The normalized spacial score (nSPS) is 14.2. The zero-order valence-corrected chi connectivity index (χ0v) is 47.4. The van der Waals surface area contributed by atoms with Crippen LogP contribution in [0.25, 0.3) is 0 Å². The van der Waals surface area contributed by atoms with Crippen LogP contribution in [0.1, 0.15) is 226 Å². The fraction of sp³-hybridized carbons (Fsp3) is 0.661. The van der Waals surface area contributed by atoms with Crippen molar-refractivity contribution < 1.29 is 52.2 Å². The van der Waals surface area contributed by atoms with Crippen molar-refractivity contribution in [2.24, 2.45) is 0 Å². The maximum absolute atomic E-state index is 12.9. The number of aliphatic hydroxyl groups is 1. The molecule has 3 unspecified atom stereocenters. The fourth-order valence-electron chi connectivity index (χ4n) is 7.35. The Bertz CT molecular complexity index is 1660. The second kappa shape index (κ2) is 55.4. The molecule has 0 spiro atoms. The molecule has 0 saturated carbocycles. The summed E-state index contributed by atoms with van der Waals surface area (Å²) in [7, 11) is -4.78. The second-order valence-electron chi connectivity index (χ2n) is 18.7. The summed E-state index contributed by atoms with van der Waals surface area (Å²) in [6.07, 6.45) is 66.4. The Morgan fingerprint density at radius 1 is 0.392 bits per heavy atom. The SMILES string of the molecule is CC/C=C\C/C=C\C/C=C\C/C=C\CCCCCCC(=O)OCC(COP(=O)(O)OCC(CO)OC(=O)CC/C=C\C/C=C\C/C=C\C/C=C\CC)OC(=O)CCCCCCCCC/C=C\CCCCCCCC. The largest absolute Gasteiger partial charge is 0.472 e. The van der Waals surface area contributed by atoms with Gasteiger partial charge in [0.2, 0.25) is 0 Å². The van der Waals surface area contributed by atoms with E-state index in [9.17, 15) is 28.9 Å². The molecule has 0 amide bonds. The van der Waals surface area contributed by atoms with Crippen molar-refractivity contribution in [2.75, 3.05) is 26.4 Å². The van der Waals surface area contributed by atoms with Crippen LogP contribution in [0.15, 0.2) is 109 Å². The van der Waals surface area contributed by atoms with Gasteiger partial charge in [-0.1, -0.05) is 207 Å². The van der Waals surface area contributed by atoms with Gasteiger partial charge in [0.15, 0.2) is 6.10 Å². The van der Waals surface area contributed by atoms with Gasteiger partial charge in [0.05, 0.1) is 19.8 Å². The molecule has 0 aromatic carbocycles. The highest BCUT2D eigenvalue weighted by Crippen LogP contribution is 2.43. The molecule has 2 N–H and O–H groups in total. The lowest BCUT2D eigenvalue weighted by molar-refractivity contribution is -0.161. The number of carbonyl (C=O) groups excluding carboxylic acids is 3. The molecular formula is C62H103O11P. The van der Waals surface area contributed by atoms with E-state index in [1.165, 1.54) is 57.8 Å². The summed E-state index contributed by atoms with van der Waals surface area (Å²) in [6, 6.07) is 0. The second-order valence-corrected chi connectivity index (χ2v) is 20.1. The van der Waals surface area contributed by atoms with Crippen LogP contribution < -0.4 is 0 Å². The van der Waals surface area contributed by atoms with Crippen molar-refractivity contribution in [1.29, 1.82) is 0 Å². The first kappa shape index (κ1) is 70.1. The summed E-state index contributed by atoms with van der Waals surface area (Å²) in [5, 5.41) is 9.79. The van der Waals surface area contributed by atoms with Crippen molar-refractivity contribution >= 4 is 25.7 Å². The number of phosphoric ester groups is 1. The Kier molecular flexibility index (Phi) is 52.5. The Hall–Kier alpha value is -3.86. The zero-order chi connectivity index (χ0) is 54.1. The summed E-state index contributed by atoms with van der Waals surface area (Å²) in [4.78, 5) is 48.5. The van der Waals surface area contributed by atoms with Crippen LogP contribution in [-0.2, 0) is 42.2 Å². The molecule has 422 valence electrons. The van der Waals surface area contributed by atoms with Crippen molar-refractivity contribution in [3.8, 4) is 0 Å². The monoisotopic (exact) mass is 1050 g/mol. The lowest BCUT2D eigenvalue weighted by atomic mass is 10.1. The van der Waals surface area contributed by atoms with Gasteiger partial charge in [-0.05, 0) is 109 Å². The number of aliphatic hydroxyl groups excluding tert-OH is 1. The first-order valence-electron chi connectivity index (χ1n) is 28.8. The molecular weight excluding hydrogens is 952 g/mol. The van der Waals surface area contributed by atoms with E-state index in [1.54, 1.807) is 0 Å². The van der Waals surface area contributed by atoms with Crippen LogP contribution in [0.4, 0.5) is 0 Å². The molecule has 0 aromatic heterocycles. The van der Waals surface area contributed by atoms with Crippen molar-refractivity contribution in [1.82, 2.24) is 0 Å². The third kappa shape index (κ3) is 53.0. The van der Waals surface area contributed by atoms with Gasteiger partial charge in [-0.2, -0.15) is 0 Å². The first-order chi connectivity index (χ1) is 36.2. The van der Waals surface area contributed by atoms with Gasteiger partial charge < -0.3 is 24.2 Å². The molecule has 12 heteroatoms. The average molecular weight is 1060 g/mol. The van der Waals surface area contributed by atoms with E-state index in [0.717, 1.165) is 109 Å². The fourth-order valence-corrected chi connectivity index (χ4v) is 8.14. The predicted molar refractivity (Wildman–Crippen MR) is 307 cm³/mol. The lowest BCUT2D eigenvalue weighted by Crippen LogP contribution is -2.30. The molecule has 3 atom stereocenters. The molecule has 0 heterocycles. The third-order valence-corrected chi connectivity index (χ3v) is 12.6. The van der Waals surface area contributed by atoms with Crippen LogP contribution in [-0.4, -0.2) is 66.5 Å². The molecule has 0 bridgehead atoms. The van der Waals surface area contributed by atoms with Gasteiger partial charge in [0, 0.05) is 19.3 Å². The Morgan fingerprint density at radius 3 is 1.18 bits per heavy atom. The molecule has 0 aliphatic carbocycles. The minimum Gasteiger partial charge on any atom is -0.462 e. The number of unbranched alkanes of at least 4 members (excludes halogenated alkanes) is 17. The van der Waals surface area contributed by atoms with Gasteiger partial charge in [-0.25, -0.2) is 4.57 Å². The van der Waals surface area contributed by atoms with Crippen LogP contribution in [0.3, 0.4) is 0 Å². The summed E-state index contributed by atoms with van der Waals surface area (Å²) in [5.41, 5.74) is 0. The quantitative estimate of drug-likeness (QED) is 0.0197. The average Bonchev–Trinajstić information content (AvgIpc) is 3.39. The van der Waals surface area contributed by atoms with Gasteiger partial charge in [-0.3, -0.25) is 23.4 Å². The highest BCUT2D eigenvalue weighted by molar-refractivity contribution is 7.47. The predicted octanol–water partition coefficient (Wildman–Crippen LogP) is 17.0. The summed E-state index contributed by atoms with van der Waals surface area (Å²) < 4.78 is 39.4. The molecule has 0 aromatic rings. The lowest BCUT2D eigenvalue weighted by Gasteiger charge is -2.21. The topological polar surface area (TPSA) is 155 Å². The Morgan fingerprint density at radius 2 is 0.730 bits per heavy atom. The molecule has 74 heavy (non-hydrogen) atoms. The van der Waals surface area contributed by atoms with E-state index in [1.807, 2.05) is 18.2 Å². The van der Waals surface area contributed by atoms with Gasteiger partial charge in [0.1, 0.15) is 12.7 Å². The molecule has 0 aliphatic heterocycles. The number of hydrogen-bond donors (Lipinski definition) is 2. The summed E-state index contributed by atoms with van der Waals surface area (Å²) in [6.45, 7) is 4.29. The van der Waals surface area contributed by atoms with E-state index in [0.29, 0.717) is 19.3 Å². The maximum atomic E-state index is 12.9. The molecule has 11 nitrogen and oxygen atoms in total. The minimum atomic E-state index is -4.78. The molecule has 0 saturated heterocycles. The number of ether oxygens (including phenoxy) is 3. The minimum absolute atomic E-state index is 0.0495. The molecule has 0 aliphatic rings. The number of hydrogen-bond acceptors (Lipinski definition) is 10. The number of rotatable bonds is 52. The van der Waals surface area contributed by atoms with Crippen LogP contribution >= 0.6 is 7.82 Å². The van der Waals surface area contributed by atoms with Gasteiger partial charge in [0.25, 0.3) is 0 Å². The van der Waals surface area contributed by atoms with E-state index >= 15 is 0 Å². The molecule has 0 rings (SSSR count). The van der Waals surface area contributed by atoms with Crippen LogP contribution in [0.2, 0.25) is 0 Å². The number of carbonyl (C=O) groups is 3. The zero-order valence-electron chi connectivity index (χ0n) is 46.5. The summed E-state index contributed by atoms with van der Waals surface area (Å²) in [5.74, 6) is -1.59. The van der Waals surface area contributed by atoms with E-state index in [4.69, 9.17) is 23.3 Å². The Balaban J connectivity index is 4.84. The number of phosphoric acid groups is 1. The number of allylic oxidation sites excluding steroid dienone is 18. The van der Waals surface area contributed by atoms with E-state index in [2.05, 4.69) is 112 Å². The molecule has 0 radical (unpaired) electrons. The highest BCUT2D eigenvalue weighted by Gasteiger charge is 2.28. The van der Waals surface area contributed by atoms with Crippen molar-refractivity contribution in [2.45, 2.75) is 238 Å². The molecule has 0 fully saturated rings. The van der Waals surface area contributed by atoms with Gasteiger partial charge in [-0.15, -0.1) is 0 Å². The third-order valence-electron chi connectivity index (χ3n) is 11.7. The highest BCUT2D eigenvalue weighted by atomic mass is 31.2. The maximum Gasteiger partial charge on any atom is 0.472 e.